The third kappa shape index (κ3) is 4.99. The molecule has 0 aromatic carbocycles. The quantitative estimate of drug-likeness (QED) is 0.537. The van der Waals surface area contributed by atoms with E-state index in [9.17, 15) is 13.2 Å². The van der Waals surface area contributed by atoms with Gasteiger partial charge >= 0.3 is 5.97 Å². The minimum absolute atomic E-state index is 0.152. The summed E-state index contributed by atoms with van der Waals surface area (Å²) in [7, 11) is -3.73. The van der Waals surface area contributed by atoms with Crippen molar-refractivity contribution in [3.8, 4) is 0 Å². The number of carbonyl (C=O) groups is 1. The fourth-order valence-electron chi connectivity index (χ4n) is 2.66. The second kappa shape index (κ2) is 8.28. The molecule has 0 bridgehead atoms. The summed E-state index contributed by atoms with van der Waals surface area (Å²) in [5.74, 6) is -0.320. The van der Waals surface area contributed by atoms with Crippen LogP contribution < -0.4 is 5.14 Å². The maximum absolute atomic E-state index is 11.6. The number of esters is 1. The van der Waals surface area contributed by atoms with Crippen molar-refractivity contribution in [2.24, 2.45) is 5.14 Å². The highest BCUT2D eigenvalue weighted by Gasteiger charge is 2.26. The van der Waals surface area contributed by atoms with Gasteiger partial charge in [0.25, 0.3) is 0 Å². The normalized spacial score (nSPS) is 18.4. The number of rotatable bonds is 6. The zero-order chi connectivity index (χ0) is 18.7. The van der Waals surface area contributed by atoms with Crippen LogP contribution in [-0.4, -0.2) is 69.6 Å². The molecule has 3 heterocycles. The minimum atomic E-state index is -3.73. The SMILES string of the molecule is CC(=O)OCCN1Sc2sc(S(N)(=O)=O)cc2C=C1CN1CCOCC1. The van der Waals surface area contributed by atoms with Crippen LogP contribution in [0, 0.1) is 0 Å². The van der Waals surface area contributed by atoms with Crippen molar-refractivity contribution in [3.05, 3.63) is 17.3 Å². The Hall–Kier alpha value is -1.11. The molecule has 2 aliphatic heterocycles. The number of ether oxygens (including phenoxy) is 2. The molecule has 2 aliphatic rings. The van der Waals surface area contributed by atoms with Crippen molar-refractivity contribution >= 4 is 45.4 Å². The number of thiophene rings is 1. The Morgan fingerprint density at radius 3 is 2.77 bits per heavy atom. The van der Waals surface area contributed by atoms with Gasteiger partial charge in [-0.1, -0.05) is 0 Å². The van der Waals surface area contributed by atoms with Crippen LogP contribution in [0.1, 0.15) is 12.5 Å². The molecule has 0 radical (unpaired) electrons. The summed E-state index contributed by atoms with van der Waals surface area (Å²) in [4.78, 5) is 13.3. The lowest BCUT2D eigenvalue weighted by molar-refractivity contribution is -0.141. The Kier molecular flexibility index (Phi) is 6.25. The largest absolute Gasteiger partial charge is 0.464 e. The van der Waals surface area contributed by atoms with E-state index in [1.54, 1.807) is 6.07 Å². The Morgan fingerprint density at radius 2 is 2.12 bits per heavy atom. The van der Waals surface area contributed by atoms with Gasteiger partial charge in [0.1, 0.15) is 10.8 Å². The van der Waals surface area contributed by atoms with Crippen molar-refractivity contribution in [1.82, 2.24) is 9.21 Å². The second-order valence-corrected chi connectivity index (χ2v) is 10.0. The molecule has 3 rings (SSSR count). The molecule has 0 atom stereocenters. The van der Waals surface area contributed by atoms with Gasteiger partial charge in [-0.2, -0.15) is 0 Å². The van der Waals surface area contributed by atoms with E-state index >= 15 is 0 Å². The number of fused-ring (bicyclic) bond motifs is 1. The fourth-order valence-corrected chi connectivity index (χ4v) is 5.94. The van der Waals surface area contributed by atoms with Crippen molar-refractivity contribution in [1.29, 1.82) is 0 Å². The molecule has 0 spiro atoms. The molecule has 1 aromatic heterocycles. The van der Waals surface area contributed by atoms with Crippen LogP contribution in [0.4, 0.5) is 0 Å². The lowest BCUT2D eigenvalue weighted by Crippen LogP contribution is -2.40. The summed E-state index contributed by atoms with van der Waals surface area (Å²) in [6.07, 6.45) is 1.99. The number of morpholine rings is 1. The number of nitrogens with two attached hydrogens (primary N) is 1. The molecule has 1 fully saturated rings. The molecule has 26 heavy (non-hydrogen) atoms. The van der Waals surface area contributed by atoms with E-state index in [-0.39, 0.29) is 16.8 Å². The molecule has 0 unspecified atom stereocenters. The van der Waals surface area contributed by atoms with Crippen LogP contribution in [-0.2, 0) is 24.3 Å². The molecule has 8 nitrogen and oxygen atoms in total. The van der Waals surface area contributed by atoms with E-state index in [4.69, 9.17) is 14.6 Å². The van der Waals surface area contributed by atoms with Gasteiger partial charge in [0, 0.05) is 37.8 Å². The standard InChI is InChI=1S/C15H21N3O5S3/c1-11(19)23-7-4-18-13(10-17-2-5-22-6-3-17)8-12-9-14(26(16,20)21)24-15(12)25-18/h8-9H,2-7,10H2,1H3,(H2,16,20,21). The third-order valence-corrected chi connectivity index (χ3v) is 7.79. The maximum atomic E-state index is 11.6. The van der Waals surface area contributed by atoms with Crippen LogP contribution in [0.5, 0.6) is 0 Å². The van der Waals surface area contributed by atoms with E-state index < -0.39 is 10.0 Å². The molecule has 0 amide bonds. The van der Waals surface area contributed by atoms with Gasteiger partial charge in [-0.05, 0) is 24.1 Å². The molecule has 2 N–H and O–H groups in total. The molecule has 11 heteroatoms. The molecule has 0 saturated carbocycles. The highest BCUT2D eigenvalue weighted by atomic mass is 32.3. The zero-order valence-electron chi connectivity index (χ0n) is 14.3. The molecule has 144 valence electrons. The third-order valence-electron chi connectivity index (χ3n) is 3.91. The lowest BCUT2D eigenvalue weighted by atomic mass is 10.2. The van der Waals surface area contributed by atoms with Crippen LogP contribution >= 0.6 is 23.3 Å². The van der Waals surface area contributed by atoms with Gasteiger partial charge in [-0.3, -0.25) is 9.69 Å². The molecular weight excluding hydrogens is 398 g/mol. The summed E-state index contributed by atoms with van der Waals surface area (Å²) >= 11 is 2.61. The van der Waals surface area contributed by atoms with Crippen LogP contribution in [0.15, 0.2) is 20.2 Å². The molecule has 1 aromatic rings. The van der Waals surface area contributed by atoms with Crippen molar-refractivity contribution in [2.45, 2.75) is 15.3 Å². The van der Waals surface area contributed by atoms with Gasteiger partial charge in [0.05, 0.1) is 24.0 Å². The van der Waals surface area contributed by atoms with Gasteiger partial charge < -0.3 is 13.8 Å². The Balaban J connectivity index is 1.80. The highest BCUT2D eigenvalue weighted by molar-refractivity contribution is 7.99. The summed E-state index contributed by atoms with van der Waals surface area (Å²) in [6.45, 7) is 5.98. The van der Waals surface area contributed by atoms with Gasteiger partial charge in [-0.15, -0.1) is 11.3 Å². The number of hydrogen-bond acceptors (Lipinski definition) is 9. The second-order valence-electron chi connectivity index (χ2n) is 5.91. The van der Waals surface area contributed by atoms with E-state index in [0.29, 0.717) is 19.8 Å². The van der Waals surface area contributed by atoms with Crippen LogP contribution in [0.3, 0.4) is 0 Å². The van der Waals surface area contributed by atoms with Crippen molar-refractivity contribution in [2.75, 3.05) is 46.0 Å². The van der Waals surface area contributed by atoms with E-state index in [2.05, 4.69) is 4.90 Å². The summed E-state index contributed by atoms with van der Waals surface area (Å²) in [6, 6.07) is 1.62. The Morgan fingerprint density at radius 1 is 1.38 bits per heavy atom. The number of primary sulfonamides is 1. The minimum Gasteiger partial charge on any atom is -0.464 e. The van der Waals surface area contributed by atoms with Gasteiger partial charge in [-0.25, -0.2) is 13.6 Å². The van der Waals surface area contributed by atoms with E-state index in [1.165, 1.54) is 18.9 Å². The van der Waals surface area contributed by atoms with E-state index in [1.807, 2.05) is 10.4 Å². The first-order valence-electron chi connectivity index (χ1n) is 8.09. The summed E-state index contributed by atoms with van der Waals surface area (Å²) in [5.41, 5.74) is 1.89. The number of hydrogen-bond donors (Lipinski definition) is 1. The van der Waals surface area contributed by atoms with Crippen LogP contribution in [0.25, 0.3) is 6.08 Å². The predicted molar refractivity (Wildman–Crippen MR) is 100 cm³/mol. The molecule has 1 saturated heterocycles. The van der Waals surface area contributed by atoms with Gasteiger partial charge in [0.15, 0.2) is 0 Å². The summed E-state index contributed by atoms with van der Waals surface area (Å²) < 4.78 is 36.8. The average Bonchev–Trinajstić information content (AvgIpc) is 2.99. The first-order chi connectivity index (χ1) is 12.3. The first kappa shape index (κ1) is 19.6. The van der Waals surface area contributed by atoms with Crippen LogP contribution in [0.2, 0.25) is 0 Å². The highest BCUT2D eigenvalue weighted by Crippen LogP contribution is 2.42. The van der Waals surface area contributed by atoms with E-state index in [0.717, 1.165) is 46.4 Å². The fraction of sp³-hybridized carbons (Fsp3) is 0.533. The Labute approximate surface area is 161 Å². The summed E-state index contributed by atoms with van der Waals surface area (Å²) in [5, 5.41) is 5.26. The lowest BCUT2D eigenvalue weighted by Gasteiger charge is -2.34. The number of nitrogens with zero attached hydrogens (tertiary/aromatic N) is 2. The average molecular weight is 420 g/mol. The van der Waals surface area contributed by atoms with Crippen molar-refractivity contribution < 1.29 is 22.7 Å². The predicted octanol–water partition coefficient (Wildman–Crippen LogP) is 0.954. The monoisotopic (exact) mass is 419 g/mol. The Bertz CT molecular complexity index is 799. The number of carbonyl (C=O) groups excluding carboxylic acids is 1. The van der Waals surface area contributed by atoms with Crippen molar-refractivity contribution in [3.63, 3.8) is 0 Å². The van der Waals surface area contributed by atoms with Gasteiger partial charge in [0.2, 0.25) is 10.0 Å². The molecular formula is C15H21N3O5S3. The topological polar surface area (TPSA) is 102 Å². The smallest absolute Gasteiger partial charge is 0.302 e. The molecule has 0 aliphatic carbocycles. The number of sulfonamides is 1. The maximum Gasteiger partial charge on any atom is 0.302 e. The first-order valence-corrected chi connectivity index (χ1v) is 11.2. The zero-order valence-corrected chi connectivity index (χ0v) is 16.8.